The normalized spacial score (nSPS) is 19.1. The minimum absolute atomic E-state index is 0.0495. The van der Waals surface area contributed by atoms with Crippen LogP contribution in [0, 0.1) is 5.92 Å². The number of carboxylic acids is 1. The number of hydrogen-bond donors (Lipinski definition) is 2. The summed E-state index contributed by atoms with van der Waals surface area (Å²) in [4.78, 5) is 36.8. The molecule has 1 unspecified atom stereocenters. The Labute approximate surface area is 202 Å². The lowest BCUT2D eigenvalue weighted by Crippen LogP contribution is -2.43. The number of nitrogens with zero attached hydrogens (tertiary/aromatic N) is 1. The van der Waals surface area contributed by atoms with E-state index >= 15 is 0 Å². The smallest absolute Gasteiger partial charge is 0.407 e. The third-order valence-electron chi connectivity index (χ3n) is 6.69. The first-order valence-electron chi connectivity index (χ1n) is 11.7. The maximum Gasteiger partial charge on any atom is 0.407 e. The summed E-state index contributed by atoms with van der Waals surface area (Å²) in [7, 11) is 0. The molecule has 0 bridgehead atoms. The molecule has 0 saturated carbocycles. The molecule has 2 atom stereocenters. The van der Waals surface area contributed by atoms with E-state index in [1.54, 1.807) is 6.92 Å². The molecule has 1 fully saturated rings. The van der Waals surface area contributed by atoms with Gasteiger partial charge in [-0.1, -0.05) is 55.5 Å². The third kappa shape index (κ3) is 5.28. The van der Waals surface area contributed by atoms with E-state index in [2.05, 4.69) is 17.4 Å². The molecule has 7 nitrogen and oxygen atoms in total. The fourth-order valence-electron chi connectivity index (χ4n) is 4.92. The van der Waals surface area contributed by atoms with Crippen molar-refractivity contribution in [1.29, 1.82) is 0 Å². The summed E-state index contributed by atoms with van der Waals surface area (Å²) < 4.78 is 32.8. The van der Waals surface area contributed by atoms with Crippen molar-refractivity contribution in [1.82, 2.24) is 10.2 Å². The van der Waals surface area contributed by atoms with Crippen LogP contribution in [0.2, 0.25) is 0 Å². The minimum atomic E-state index is -3.20. The Hall–Kier alpha value is -3.49. The summed E-state index contributed by atoms with van der Waals surface area (Å²) in [6, 6.07) is 14.5. The van der Waals surface area contributed by atoms with Crippen molar-refractivity contribution < 1.29 is 33.0 Å². The summed E-state index contributed by atoms with van der Waals surface area (Å²) >= 11 is 0. The van der Waals surface area contributed by atoms with Crippen molar-refractivity contribution in [3.63, 3.8) is 0 Å². The van der Waals surface area contributed by atoms with Crippen LogP contribution in [0.15, 0.2) is 48.5 Å². The predicted octanol–water partition coefficient (Wildman–Crippen LogP) is 4.26. The highest BCUT2D eigenvalue weighted by molar-refractivity contribution is 5.86. The Morgan fingerprint density at radius 3 is 2.31 bits per heavy atom. The van der Waals surface area contributed by atoms with Crippen LogP contribution in [0.25, 0.3) is 11.1 Å². The Bertz CT molecular complexity index is 1080. The van der Waals surface area contributed by atoms with E-state index in [1.807, 2.05) is 36.4 Å². The summed E-state index contributed by atoms with van der Waals surface area (Å²) in [5.74, 6) is -5.94. The van der Waals surface area contributed by atoms with Gasteiger partial charge in [-0.15, -0.1) is 0 Å². The molecule has 1 aliphatic carbocycles. The summed E-state index contributed by atoms with van der Waals surface area (Å²) in [6.45, 7) is 1.12. The van der Waals surface area contributed by atoms with Gasteiger partial charge in [0.2, 0.25) is 5.91 Å². The summed E-state index contributed by atoms with van der Waals surface area (Å²) in [5.41, 5.74) is 4.50. The van der Waals surface area contributed by atoms with Gasteiger partial charge in [0.1, 0.15) is 12.6 Å². The molecule has 35 heavy (non-hydrogen) atoms. The van der Waals surface area contributed by atoms with Gasteiger partial charge in [-0.25, -0.2) is 18.4 Å². The number of amides is 2. The van der Waals surface area contributed by atoms with Crippen molar-refractivity contribution in [2.75, 3.05) is 19.7 Å². The number of fused-ring (bicyclic) bond motifs is 3. The van der Waals surface area contributed by atoms with E-state index < -0.39 is 48.8 Å². The van der Waals surface area contributed by atoms with Gasteiger partial charge in [-0.3, -0.25) is 4.79 Å². The second kappa shape index (κ2) is 10.0. The number of carbonyl (C=O) groups excluding carboxylic acids is 2. The molecule has 2 amide bonds. The first-order chi connectivity index (χ1) is 16.7. The van der Waals surface area contributed by atoms with Crippen LogP contribution >= 0.6 is 0 Å². The van der Waals surface area contributed by atoms with Gasteiger partial charge >= 0.3 is 12.1 Å². The van der Waals surface area contributed by atoms with Crippen LogP contribution in [-0.4, -0.2) is 59.6 Å². The fraction of sp³-hybridized carbons (Fsp3) is 0.423. The van der Waals surface area contributed by atoms with Crippen molar-refractivity contribution in [2.45, 2.75) is 44.1 Å². The van der Waals surface area contributed by atoms with Crippen LogP contribution in [0.3, 0.4) is 0 Å². The molecule has 9 heteroatoms. The number of alkyl carbamates (subject to hydrolysis) is 1. The topological polar surface area (TPSA) is 95.9 Å². The maximum atomic E-state index is 13.7. The molecule has 2 aromatic rings. The standard InChI is InChI=1S/C26H28F2N2O5/c1-16(23(31)30-15-26(27,28)13-22(30)24(32)33)7-6-12-29-25(34)35-14-21-19-10-4-2-8-17(19)18-9-3-5-11-20(18)21/h2-5,8-11,16,21-22H,6-7,12-15H2,1H3,(H,29,34)(H,32,33)/t16?,22-/m1/s1. The molecule has 2 aliphatic rings. The molecule has 0 radical (unpaired) electrons. The highest BCUT2D eigenvalue weighted by Crippen LogP contribution is 2.44. The largest absolute Gasteiger partial charge is 0.480 e. The molecular formula is C26H28F2N2O5. The average molecular weight is 487 g/mol. The second-order valence-electron chi connectivity index (χ2n) is 9.18. The number of nitrogens with one attached hydrogen (secondary N) is 1. The predicted molar refractivity (Wildman–Crippen MR) is 124 cm³/mol. The first kappa shape index (κ1) is 24.6. The Morgan fingerprint density at radius 1 is 1.11 bits per heavy atom. The Balaban J connectivity index is 1.23. The van der Waals surface area contributed by atoms with Gasteiger partial charge in [0.25, 0.3) is 5.92 Å². The molecule has 1 saturated heterocycles. The Morgan fingerprint density at radius 2 is 1.71 bits per heavy atom. The number of hydrogen-bond acceptors (Lipinski definition) is 4. The SMILES string of the molecule is CC(CCCNC(=O)OCC1c2ccccc2-c2ccccc21)C(=O)N1CC(F)(F)C[C@@H]1C(=O)O. The molecule has 0 aromatic heterocycles. The van der Waals surface area contributed by atoms with E-state index in [0.717, 1.165) is 27.2 Å². The van der Waals surface area contributed by atoms with Crippen LogP contribution in [0.4, 0.5) is 13.6 Å². The van der Waals surface area contributed by atoms with E-state index in [-0.39, 0.29) is 19.1 Å². The molecule has 1 aliphatic heterocycles. The highest BCUT2D eigenvalue weighted by atomic mass is 19.3. The van der Waals surface area contributed by atoms with Crippen molar-refractivity contribution >= 4 is 18.0 Å². The maximum absolute atomic E-state index is 13.7. The van der Waals surface area contributed by atoms with Gasteiger partial charge < -0.3 is 20.1 Å². The number of likely N-dealkylation sites (tertiary alicyclic amines) is 1. The molecule has 1 heterocycles. The number of alkyl halides is 2. The van der Waals surface area contributed by atoms with Crippen molar-refractivity contribution in [3.8, 4) is 11.1 Å². The number of halogens is 2. The monoisotopic (exact) mass is 486 g/mol. The first-order valence-corrected chi connectivity index (χ1v) is 11.7. The number of carbonyl (C=O) groups is 3. The molecule has 2 N–H and O–H groups in total. The van der Waals surface area contributed by atoms with E-state index in [9.17, 15) is 28.3 Å². The third-order valence-corrected chi connectivity index (χ3v) is 6.69. The number of benzene rings is 2. The summed E-state index contributed by atoms with van der Waals surface area (Å²) in [6.07, 6.45) is -0.712. The Kier molecular flexibility index (Phi) is 7.05. The van der Waals surface area contributed by atoms with E-state index in [1.165, 1.54) is 0 Å². The number of rotatable bonds is 8. The highest BCUT2D eigenvalue weighted by Gasteiger charge is 2.50. The molecular weight excluding hydrogens is 458 g/mol. The van der Waals surface area contributed by atoms with Gasteiger partial charge in [-0.05, 0) is 35.1 Å². The summed E-state index contributed by atoms with van der Waals surface area (Å²) in [5, 5.41) is 11.8. The van der Waals surface area contributed by atoms with Gasteiger partial charge in [0.05, 0.1) is 6.54 Å². The number of carboxylic acid groups (broad SMARTS) is 1. The van der Waals surface area contributed by atoms with Gasteiger partial charge in [-0.2, -0.15) is 0 Å². The van der Waals surface area contributed by atoms with E-state index in [0.29, 0.717) is 12.8 Å². The van der Waals surface area contributed by atoms with E-state index in [4.69, 9.17) is 4.74 Å². The van der Waals surface area contributed by atoms with Crippen LogP contribution < -0.4 is 5.32 Å². The molecule has 4 rings (SSSR count). The fourth-order valence-corrected chi connectivity index (χ4v) is 4.92. The van der Waals surface area contributed by atoms with Gasteiger partial charge in [0.15, 0.2) is 0 Å². The zero-order chi connectivity index (χ0) is 25.2. The number of aliphatic carboxylic acids is 1. The number of ether oxygens (including phenoxy) is 1. The van der Waals surface area contributed by atoms with Gasteiger partial charge in [0, 0.05) is 24.8 Å². The minimum Gasteiger partial charge on any atom is -0.480 e. The lowest BCUT2D eigenvalue weighted by molar-refractivity contribution is -0.149. The van der Waals surface area contributed by atoms with Crippen LogP contribution in [0.1, 0.15) is 43.2 Å². The average Bonchev–Trinajstić information content (AvgIpc) is 3.34. The zero-order valence-corrected chi connectivity index (χ0v) is 19.4. The molecule has 0 spiro atoms. The van der Waals surface area contributed by atoms with Crippen molar-refractivity contribution in [2.24, 2.45) is 5.92 Å². The zero-order valence-electron chi connectivity index (χ0n) is 19.4. The molecule has 2 aromatic carbocycles. The van der Waals surface area contributed by atoms with Crippen LogP contribution in [-0.2, 0) is 14.3 Å². The molecule has 186 valence electrons. The second-order valence-corrected chi connectivity index (χ2v) is 9.18. The quantitative estimate of drug-likeness (QED) is 0.544. The van der Waals surface area contributed by atoms with Crippen LogP contribution in [0.5, 0.6) is 0 Å². The lowest BCUT2D eigenvalue weighted by atomic mass is 9.98. The lowest BCUT2D eigenvalue weighted by Gasteiger charge is -2.24. The van der Waals surface area contributed by atoms with Crippen molar-refractivity contribution in [3.05, 3.63) is 59.7 Å².